The summed E-state index contributed by atoms with van der Waals surface area (Å²) in [5.41, 5.74) is 1.43. The van der Waals surface area contributed by atoms with Gasteiger partial charge in [-0.25, -0.2) is 22.8 Å². The van der Waals surface area contributed by atoms with Crippen molar-refractivity contribution in [1.82, 2.24) is 9.97 Å². The fourth-order valence-corrected chi connectivity index (χ4v) is 3.94. The number of nitrogens with zero attached hydrogens (tertiary/aromatic N) is 3. The van der Waals surface area contributed by atoms with Gasteiger partial charge < -0.3 is 4.90 Å². The Labute approximate surface area is 140 Å². The summed E-state index contributed by atoms with van der Waals surface area (Å²) in [4.78, 5) is 10.8. The quantitative estimate of drug-likeness (QED) is 0.917. The molecule has 0 spiro atoms. The van der Waals surface area contributed by atoms with Crippen LogP contribution in [0.3, 0.4) is 0 Å². The molecule has 0 radical (unpaired) electrons. The van der Waals surface area contributed by atoms with Crippen molar-refractivity contribution < 1.29 is 12.8 Å². The Morgan fingerprint density at radius 3 is 2.33 bits per heavy atom. The van der Waals surface area contributed by atoms with Gasteiger partial charge in [0.05, 0.1) is 22.0 Å². The molecular formula is C16H19FN4O2S. The lowest BCUT2D eigenvalue weighted by atomic mass is 10.3. The van der Waals surface area contributed by atoms with E-state index in [-0.39, 0.29) is 4.90 Å². The molecule has 24 heavy (non-hydrogen) atoms. The Hall–Kier alpha value is -2.22. The van der Waals surface area contributed by atoms with Crippen molar-refractivity contribution in [2.24, 2.45) is 0 Å². The average Bonchev–Trinajstić information content (AvgIpc) is 3.05. The van der Waals surface area contributed by atoms with Crippen LogP contribution in [0.15, 0.2) is 29.2 Å². The third kappa shape index (κ3) is 3.33. The minimum atomic E-state index is -3.90. The predicted octanol–water partition coefficient (Wildman–Crippen LogP) is 2.63. The van der Waals surface area contributed by atoms with Gasteiger partial charge in [-0.15, -0.1) is 0 Å². The molecule has 0 aliphatic carbocycles. The van der Waals surface area contributed by atoms with E-state index >= 15 is 0 Å². The third-order valence-electron chi connectivity index (χ3n) is 3.99. The molecule has 1 fully saturated rings. The molecule has 1 aromatic heterocycles. The highest BCUT2D eigenvalue weighted by Crippen LogP contribution is 2.25. The maximum Gasteiger partial charge on any atom is 0.262 e. The zero-order valence-corrected chi connectivity index (χ0v) is 14.4. The highest BCUT2D eigenvalue weighted by Gasteiger charge is 2.21. The number of rotatable bonds is 4. The maximum atomic E-state index is 13.3. The van der Waals surface area contributed by atoms with E-state index in [0.717, 1.165) is 32.0 Å². The average molecular weight is 350 g/mol. The van der Waals surface area contributed by atoms with Gasteiger partial charge in [-0.3, -0.25) is 4.72 Å². The van der Waals surface area contributed by atoms with Crippen molar-refractivity contribution in [3.8, 4) is 0 Å². The van der Waals surface area contributed by atoms with Crippen LogP contribution in [0.4, 0.5) is 16.0 Å². The fourth-order valence-electron chi connectivity index (χ4n) is 2.73. The predicted molar refractivity (Wildman–Crippen MR) is 90.2 cm³/mol. The first kappa shape index (κ1) is 16.6. The van der Waals surface area contributed by atoms with Crippen molar-refractivity contribution in [2.75, 3.05) is 22.7 Å². The molecule has 2 heterocycles. The van der Waals surface area contributed by atoms with E-state index in [1.165, 1.54) is 18.2 Å². The van der Waals surface area contributed by atoms with E-state index in [0.29, 0.717) is 23.0 Å². The lowest BCUT2D eigenvalue weighted by molar-refractivity contribution is 0.595. The molecular weight excluding hydrogens is 331 g/mol. The summed E-state index contributed by atoms with van der Waals surface area (Å²) in [5, 5.41) is 0. The highest BCUT2D eigenvalue weighted by atomic mass is 32.2. The summed E-state index contributed by atoms with van der Waals surface area (Å²) in [5.74, 6) is 0.0168. The molecule has 0 amide bonds. The maximum absolute atomic E-state index is 13.3. The molecule has 128 valence electrons. The lowest BCUT2D eigenvalue weighted by Gasteiger charge is -2.19. The van der Waals surface area contributed by atoms with Crippen LogP contribution < -0.4 is 9.62 Å². The normalized spacial score (nSPS) is 14.9. The number of hydrogen-bond donors (Lipinski definition) is 1. The standard InChI is InChI=1S/C16H19FN4O2S/c1-11-15(12(2)19-16(18-11)21-8-3-4-9-21)20-24(22,23)14-7-5-6-13(17)10-14/h5-7,10,20H,3-4,8-9H2,1-2H3. The molecule has 0 saturated carbocycles. The van der Waals surface area contributed by atoms with Gasteiger partial charge in [-0.2, -0.15) is 0 Å². The van der Waals surface area contributed by atoms with Gasteiger partial charge >= 0.3 is 0 Å². The van der Waals surface area contributed by atoms with Gasteiger partial charge in [-0.05, 0) is 44.9 Å². The van der Waals surface area contributed by atoms with Gasteiger partial charge in [0, 0.05) is 13.1 Å². The van der Waals surface area contributed by atoms with Crippen LogP contribution in [-0.2, 0) is 10.0 Å². The Bertz CT molecular complexity index is 841. The van der Waals surface area contributed by atoms with Crippen molar-refractivity contribution in [1.29, 1.82) is 0 Å². The first-order valence-corrected chi connectivity index (χ1v) is 9.24. The second-order valence-electron chi connectivity index (χ2n) is 5.83. The van der Waals surface area contributed by atoms with Crippen LogP contribution in [-0.4, -0.2) is 31.5 Å². The summed E-state index contributed by atoms with van der Waals surface area (Å²) in [6.07, 6.45) is 2.21. The van der Waals surface area contributed by atoms with Crippen LogP contribution in [0.1, 0.15) is 24.2 Å². The van der Waals surface area contributed by atoms with Crippen LogP contribution in [0, 0.1) is 19.7 Å². The fraction of sp³-hybridized carbons (Fsp3) is 0.375. The number of halogens is 1. The highest BCUT2D eigenvalue weighted by molar-refractivity contribution is 7.92. The van der Waals surface area contributed by atoms with Crippen molar-refractivity contribution in [3.63, 3.8) is 0 Å². The van der Waals surface area contributed by atoms with Crippen molar-refractivity contribution in [2.45, 2.75) is 31.6 Å². The number of anilines is 2. The van der Waals surface area contributed by atoms with Crippen LogP contribution in [0.2, 0.25) is 0 Å². The monoisotopic (exact) mass is 350 g/mol. The summed E-state index contributed by atoms with van der Waals surface area (Å²) >= 11 is 0. The molecule has 0 unspecified atom stereocenters. The van der Waals surface area contributed by atoms with Crippen LogP contribution >= 0.6 is 0 Å². The summed E-state index contributed by atoms with van der Waals surface area (Å²) in [6.45, 7) is 5.29. The Morgan fingerprint density at radius 2 is 1.75 bits per heavy atom. The molecule has 1 N–H and O–H groups in total. The van der Waals surface area contributed by atoms with Crippen LogP contribution in [0.5, 0.6) is 0 Å². The molecule has 1 saturated heterocycles. The molecule has 0 bridgehead atoms. The van der Waals surface area contributed by atoms with Crippen molar-refractivity contribution >= 4 is 21.7 Å². The van der Waals surface area contributed by atoms with E-state index in [4.69, 9.17) is 0 Å². The molecule has 0 atom stereocenters. The molecule has 6 nitrogen and oxygen atoms in total. The Balaban J connectivity index is 1.92. The van der Waals surface area contributed by atoms with E-state index in [9.17, 15) is 12.8 Å². The molecule has 2 aromatic rings. The second kappa shape index (κ2) is 6.35. The topological polar surface area (TPSA) is 75.2 Å². The molecule has 1 aliphatic rings. The van der Waals surface area contributed by atoms with E-state index in [2.05, 4.69) is 19.6 Å². The minimum absolute atomic E-state index is 0.134. The number of hydrogen-bond acceptors (Lipinski definition) is 5. The molecule has 3 rings (SSSR count). The summed E-state index contributed by atoms with van der Waals surface area (Å²) in [7, 11) is -3.90. The zero-order chi connectivity index (χ0) is 17.3. The van der Waals surface area contributed by atoms with E-state index in [1.807, 2.05) is 0 Å². The first-order chi connectivity index (χ1) is 11.4. The van der Waals surface area contributed by atoms with Gasteiger partial charge in [0.1, 0.15) is 5.82 Å². The number of aromatic nitrogens is 2. The molecule has 1 aromatic carbocycles. The SMILES string of the molecule is Cc1nc(N2CCCC2)nc(C)c1NS(=O)(=O)c1cccc(F)c1. The minimum Gasteiger partial charge on any atom is -0.341 e. The van der Waals surface area contributed by atoms with Gasteiger partial charge in [0.15, 0.2) is 0 Å². The largest absolute Gasteiger partial charge is 0.341 e. The van der Waals surface area contributed by atoms with Gasteiger partial charge in [-0.1, -0.05) is 6.07 Å². The summed E-state index contributed by atoms with van der Waals surface area (Å²) in [6, 6.07) is 4.88. The number of aryl methyl sites for hydroxylation is 2. The molecule has 1 aliphatic heterocycles. The van der Waals surface area contributed by atoms with Crippen molar-refractivity contribution in [3.05, 3.63) is 41.5 Å². The van der Waals surface area contributed by atoms with Gasteiger partial charge in [0.2, 0.25) is 5.95 Å². The lowest BCUT2D eigenvalue weighted by Crippen LogP contribution is -2.22. The number of sulfonamides is 1. The smallest absolute Gasteiger partial charge is 0.262 e. The zero-order valence-electron chi connectivity index (χ0n) is 13.6. The first-order valence-electron chi connectivity index (χ1n) is 7.75. The van der Waals surface area contributed by atoms with Crippen LogP contribution in [0.25, 0.3) is 0 Å². The molecule has 8 heteroatoms. The van der Waals surface area contributed by atoms with Gasteiger partial charge in [0.25, 0.3) is 10.0 Å². The Kier molecular flexibility index (Phi) is 4.40. The number of benzene rings is 1. The summed E-state index contributed by atoms with van der Waals surface area (Å²) < 4.78 is 40.7. The van der Waals surface area contributed by atoms with E-state index in [1.54, 1.807) is 13.8 Å². The van der Waals surface area contributed by atoms with E-state index < -0.39 is 15.8 Å². The third-order valence-corrected chi connectivity index (χ3v) is 5.34. The second-order valence-corrected chi connectivity index (χ2v) is 7.51. The Morgan fingerprint density at radius 1 is 1.12 bits per heavy atom. The number of nitrogens with one attached hydrogen (secondary N) is 1.